The van der Waals surface area contributed by atoms with Crippen LogP contribution in [0.2, 0.25) is 0 Å². The molecule has 1 aromatic heterocycles. The zero-order valence-electron chi connectivity index (χ0n) is 18.7. The lowest BCUT2D eigenvalue weighted by Crippen LogP contribution is -2.37. The molecule has 7 nitrogen and oxygen atoms in total. The van der Waals surface area contributed by atoms with Crippen molar-refractivity contribution in [2.24, 2.45) is 5.92 Å². The number of nitrogens with one attached hydrogen (secondary N) is 2. The molecule has 1 aliphatic heterocycles. The number of anilines is 1. The van der Waals surface area contributed by atoms with Gasteiger partial charge in [-0.3, -0.25) is 4.79 Å². The van der Waals surface area contributed by atoms with Crippen molar-refractivity contribution in [3.05, 3.63) is 53.7 Å². The molecular formula is C25H32N4O3. The summed E-state index contributed by atoms with van der Waals surface area (Å²) in [6, 6.07) is 10.5. The standard InChI is InChI=1S/C25H32N4O3/c1-18-12-15-29(16-13-18)24(30)19-8-10-21(11-9-19)28-25(31)27-17-20-5-4-14-26-23(20)32-22-6-2-3-7-22/h4-5,8-11,14,18,22H,2-3,6-7,12-13,15-17H2,1H3,(H2,27,28,31). The third-order valence-corrected chi connectivity index (χ3v) is 6.33. The van der Waals surface area contributed by atoms with Crippen molar-refractivity contribution >= 4 is 17.6 Å². The zero-order chi connectivity index (χ0) is 22.3. The van der Waals surface area contributed by atoms with Gasteiger partial charge in [0.05, 0.1) is 0 Å². The first-order valence-corrected chi connectivity index (χ1v) is 11.6. The van der Waals surface area contributed by atoms with Crippen LogP contribution < -0.4 is 15.4 Å². The Morgan fingerprint density at radius 1 is 1.06 bits per heavy atom. The minimum absolute atomic E-state index is 0.0549. The van der Waals surface area contributed by atoms with Gasteiger partial charge in [-0.15, -0.1) is 0 Å². The molecule has 170 valence electrons. The Hall–Kier alpha value is -3.09. The van der Waals surface area contributed by atoms with Gasteiger partial charge in [0.25, 0.3) is 5.91 Å². The van der Waals surface area contributed by atoms with Gasteiger partial charge in [-0.25, -0.2) is 9.78 Å². The number of rotatable bonds is 6. The fraction of sp³-hybridized carbons (Fsp3) is 0.480. The van der Waals surface area contributed by atoms with Gasteiger partial charge in [0.1, 0.15) is 6.10 Å². The lowest BCUT2D eigenvalue weighted by molar-refractivity contribution is 0.0697. The highest BCUT2D eigenvalue weighted by Gasteiger charge is 2.21. The molecule has 2 fully saturated rings. The predicted octanol–water partition coefficient (Wildman–Crippen LogP) is 4.60. The summed E-state index contributed by atoms with van der Waals surface area (Å²) in [4.78, 5) is 31.3. The number of amides is 3. The molecule has 32 heavy (non-hydrogen) atoms. The quantitative estimate of drug-likeness (QED) is 0.693. The van der Waals surface area contributed by atoms with E-state index in [9.17, 15) is 9.59 Å². The summed E-state index contributed by atoms with van der Waals surface area (Å²) >= 11 is 0. The van der Waals surface area contributed by atoms with E-state index in [1.54, 1.807) is 30.5 Å². The van der Waals surface area contributed by atoms with Crippen molar-refractivity contribution in [1.82, 2.24) is 15.2 Å². The van der Waals surface area contributed by atoms with Crippen molar-refractivity contribution in [2.75, 3.05) is 18.4 Å². The monoisotopic (exact) mass is 436 g/mol. The summed E-state index contributed by atoms with van der Waals surface area (Å²) in [6.45, 7) is 4.17. The van der Waals surface area contributed by atoms with E-state index in [0.717, 1.165) is 44.3 Å². The Bertz CT molecular complexity index is 917. The molecule has 0 unspecified atom stereocenters. The molecule has 7 heteroatoms. The highest BCUT2D eigenvalue weighted by molar-refractivity contribution is 5.95. The molecule has 0 atom stereocenters. The maximum Gasteiger partial charge on any atom is 0.319 e. The molecule has 0 bridgehead atoms. The third kappa shape index (κ3) is 5.78. The number of hydrogen-bond donors (Lipinski definition) is 2. The van der Waals surface area contributed by atoms with E-state index in [4.69, 9.17) is 4.74 Å². The molecule has 1 saturated heterocycles. The Morgan fingerprint density at radius 2 is 1.78 bits per heavy atom. The molecule has 2 aliphatic rings. The highest BCUT2D eigenvalue weighted by Crippen LogP contribution is 2.25. The SMILES string of the molecule is CC1CCN(C(=O)c2ccc(NC(=O)NCc3cccnc3OC3CCCC3)cc2)CC1. The van der Waals surface area contributed by atoms with Gasteiger partial charge in [0, 0.05) is 42.6 Å². The van der Waals surface area contributed by atoms with Crippen molar-refractivity contribution in [3.8, 4) is 5.88 Å². The van der Waals surface area contributed by atoms with E-state index < -0.39 is 0 Å². The maximum absolute atomic E-state index is 12.7. The number of ether oxygens (including phenoxy) is 1. The van der Waals surface area contributed by atoms with Gasteiger partial charge >= 0.3 is 6.03 Å². The van der Waals surface area contributed by atoms with Crippen LogP contribution in [0.15, 0.2) is 42.6 Å². The van der Waals surface area contributed by atoms with Crippen LogP contribution in [-0.2, 0) is 6.54 Å². The van der Waals surface area contributed by atoms with Gasteiger partial charge in [-0.2, -0.15) is 0 Å². The second-order valence-electron chi connectivity index (χ2n) is 8.85. The third-order valence-electron chi connectivity index (χ3n) is 6.33. The number of piperidine rings is 1. The van der Waals surface area contributed by atoms with Gasteiger partial charge in [-0.05, 0) is 74.8 Å². The zero-order valence-corrected chi connectivity index (χ0v) is 18.7. The van der Waals surface area contributed by atoms with E-state index in [1.165, 1.54) is 12.8 Å². The van der Waals surface area contributed by atoms with Crippen LogP contribution in [-0.4, -0.2) is 41.0 Å². The molecule has 4 rings (SSSR count). The number of benzene rings is 1. The summed E-state index contributed by atoms with van der Waals surface area (Å²) in [5.41, 5.74) is 2.14. The van der Waals surface area contributed by atoms with E-state index in [-0.39, 0.29) is 18.0 Å². The second kappa shape index (κ2) is 10.5. The number of likely N-dealkylation sites (tertiary alicyclic amines) is 1. The lowest BCUT2D eigenvalue weighted by atomic mass is 9.98. The van der Waals surface area contributed by atoms with Crippen LogP contribution in [0.3, 0.4) is 0 Å². The van der Waals surface area contributed by atoms with Crippen molar-refractivity contribution < 1.29 is 14.3 Å². The number of aromatic nitrogens is 1. The number of hydrogen-bond acceptors (Lipinski definition) is 4. The molecule has 1 saturated carbocycles. The van der Waals surface area contributed by atoms with Gasteiger partial charge < -0.3 is 20.3 Å². The lowest BCUT2D eigenvalue weighted by Gasteiger charge is -2.30. The fourth-order valence-electron chi connectivity index (χ4n) is 4.27. The van der Waals surface area contributed by atoms with Gasteiger partial charge in [0.15, 0.2) is 0 Å². The van der Waals surface area contributed by atoms with Crippen LogP contribution in [0.1, 0.15) is 61.4 Å². The number of urea groups is 1. The van der Waals surface area contributed by atoms with Crippen molar-refractivity contribution in [3.63, 3.8) is 0 Å². The van der Waals surface area contributed by atoms with Crippen LogP contribution >= 0.6 is 0 Å². The van der Waals surface area contributed by atoms with Crippen molar-refractivity contribution in [1.29, 1.82) is 0 Å². The average molecular weight is 437 g/mol. The minimum Gasteiger partial charge on any atom is -0.474 e. The fourth-order valence-corrected chi connectivity index (χ4v) is 4.27. The number of carbonyl (C=O) groups is 2. The molecule has 3 amide bonds. The van der Waals surface area contributed by atoms with Crippen LogP contribution in [0.5, 0.6) is 5.88 Å². The summed E-state index contributed by atoms with van der Waals surface area (Å²) in [7, 11) is 0. The Balaban J connectivity index is 1.28. The molecule has 1 aromatic carbocycles. The Labute approximate surface area is 189 Å². The smallest absolute Gasteiger partial charge is 0.319 e. The highest BCUT2D eigenvalue weighted by atomic mass is 16.5. The molecule has 2 aromatic rings. The van der Waals surface area contributed by atoms with E-state index in [0.29, 0.717) is 29.6 Å². The Morgan fingerprint density at radius 3 is 2.50 bits per heavy atom. The summed E-state index contributed by atoms with van der Waals surface area (Å²) in [5, 5.41) is 5.68. The number of pyridine rings is 1. The topological polar surface area (TPSA) is 83.6 Å². The molecule has 0 spiro atoms. The van der Waals surface area contributed by atoms with E-state index >= 15 is 0 Å². The van der Waals surface area contributed by atoms with E-state index in [1.807, 2.05) is 17.0 Å². The van der Waals surface area contributed by atoms with Crippen LogP contribution in [0.25, 0.3) is 0 Å². The molecule has 2 N–H and O–H groups in total. The first-order chi connectivity index (χ1) is 15.6. The molecule has 2 heterocycles. The second-order valence-corrected chi connectivity index (χ2v) is 8.85. The minimum atomic E-state index is -0.315. The van der Waals surface area contributed by atoms with Gasteiger partial charge in [0.2, 0.25) is 5.88 Å². The average Bonchev–Trinajstić information content (AvgIpc) is 3.32. The normalized spacial score (nSPS) is 17.2. The summed E-state index contributed by atoms with van der Waals surface area (Å²) < 4.78 is 6.03. The Kier molecular flexibility index (Phi) is 7.24. The largest absolute Gasteiger partial charge is 0.474 e. The number of carbonyl (C=O) groups excluding carboxylic acids is 2. The first kappa shape index (κ1) is 22.1. The number of nitrogens with zero attached hydrogens (tertiary/aromatic N) is 2. The predicted molar refractivity (Wildman–Crippen MR) is 124 cm³/mol. The van der Waals surface area contributed by atoms with Crippen LogP contribution in [0, 0.1) is 5.92 Å². The molecule has 0 radical (unpaired) electrons. The first-order valence-electron chi connectivity index (χ1n) is 11.6. The van der Waals surface area contributed by atoms with Crippen LogP contribution in [0.4, 0.5) is 10.5 Å². The summed E-state index contributed by atoms with van der Waals surface area (Å²) in [6.07, 6.45) is 8.52. The maximum atomic E-state index is 12.7. The summed E-state index contributed by atoms with van der Waals surface area (Å²) in [5.74, 6) is 1.33. The van der Waals surface area contributed by atoms with E-state index in [2.05, 4.69) is 22.5 Å². The van der Waals surface area contributed by atoms with Gasteiger partial charge in [-0.1, -0.05) is 13.0 Å². The molecule has 1 aliphatic carbocycles. The van der Waals surface area contributed by atoms with Crippen molar-refractivity contribution in [2.45, 2.75) is 58.1 Å². The molecular weight excluding hydrogens is 404 g/mol.